The van der Waals surface area contributed by atoms with E-state index in [0.717, 1.165) is 22.3 Å². The van der Waals surface area contributed by atoms with Gasteiger partial charge in [-0.3, -0.25) is 4.79 Å². The molecule has 0 saturated heterocycles. The molecule has 1 amide bonds. The highest BCUT2D eigenvalue weighted by atomic mass is 35.5. The van der Waals surface area contributed by atoms with E-state index in [-0.39, 0.29) is 18.0 Å². The lowest BCUT2D eigenvalue weighted by molar-refractivity contribution is -0.137. The number of hydrogen-bond acceptors (Lipinski definition) is 6. The summed E-state index contributed by atoms with van der Waals surface area (Å²) in [5.74, 6) is -0.295. The average molecular weight is 469 g/mol. The molecule has 30 heavy (non-hydrogen) atoms. The second kappa shape index (κ2) is 8.21. The summed E-state index contributed by atoms with van der Waals surface area (Å²) in [7, 11) is 0. The third-order valence-electron chi connectivity index (χ3n) is 3.93. The van der Waals surface area contributed by atoms with Gasteiger partial charge in [0.05, 0.1) is 27.9 Å². The monoisotopic (exact) mass is 468 g/mol. The Hall–Kier alpha value is -2.69. The maximum absolute atomic E-state index is 12.8. The summed E-state index contributed by atoms with van der Waals surface area (Å²) in [6, 6.07) is 10.1. The highest BCUT2D eigenvalue weighted by molar-refractivity contribution is 7.22. The SMILES string of the molecule is O=C(Cc1csc(Nc2cccc(C(F)(F)F)c2)n1)Nc1nc2ccc(Cl)cc2s1. The number of nitrogens with one attached hydrogen (secondary N) is 2. The normalized spacial score (nSPS) is 11.6. The number of hydrogen-bond donors (Lipinski definition) is 2. The lowest BCUT2D eigenvalue weighted by Crippen LogP contribution is -2.14. The van der Waals surface area contributed by atoms with Gasteiger partial charge in [0, 0.05) is 16.1 Å². The Morgan fingerprint density at radius 1 is 1.10 bits per heavy atom. The van der Waals surface area contributed by atoms with E-state index in [1.54, 1.807) is 23.6 Å². The number of carbonyl (C=O) groups excluding carboxylic acids is 1. The topological polar surface area (TPSA) is 66.9 Å². The van der Waals surface area contributed by atoms with Gasteiger partial charge in [0.1, 0.15) is 0 Å². The molecule has 2 N–H and O–H groups in total. The van der Waals surface area contributed by atoms with Gasteiger partial charge >= 0.3 is 6.18 Å². The van der Waals surface area contributed by atoms with Crippen molar-refractivity contribution in [2.45, 2.75) is 12.6 Å². The maximum atomic E-state index is 12.8. The van der Waals surface area contributed by atoms with Crippen LogP contribution in [0.2, 0.25) is 5.02 Å². The van der Waals surface area contributed by atoms with Crippen LogP contribution in [0.3, 0.4) is 0 Å². The van der Waals surface area contributed by atoms with Crippen LogP contribution >= 0.6 is 34.3 Å². The Bertz CT molecular complexity index is 1220. The molecule has 4 rings (SSSR count). The molecule has 2 aromatic carbocycles. The Morgan fingerprint density at radius 3 is 2.73 bits per heavy atom. The number of anilines is 3. The molecule has 0 radical (unpaired) electrons. The van der Waals surface area contributed by atoms with Crippen molar-refractivity contribution in [3.8, 4) is 0 Å². The highest BCUT2D eigenvalue weighted by Crippen LogP contribution is 2.32. The van der Waals surface area contributed by atoms with E-state index in [0.29, 0.717) is 21.0 Å². The zero-order valence-electron chi connectivity index (χ0n) is 15.0. The summed E-state index contributed by atoms with van der Waals surface area (Å²) >= 11 is 8.47. The summed E-state index contributed by atoms with van der Waals surface area (Å²) in [5, 5.41) is 8.68. The van der Waals surface area contributed by atoms with Crippen LogP contribution < -0.4 is 10.6 Å². The number of halogens is 4. The fourth-order valence-corrected chi connectivity index (χ4v) is 4.51. The third-order valence-corrected chi connectivity index (χ3v) is 5.91. The fourth-order valence-electron chi connectivity index (χ4n) is 2.62. The van der Waals surface area contributed by atoms with Crippen molar-refractivity contribution in [3.63, 3.8) is 0 Å². The van der Waals surface area contributed by atoms with Gasteiger partial charge in [0.15, 0.2) is 10.3 Å². The summed E-state index contributed by atoms with van der Waals surface area (Å²) in [5.41, 5.74) is 0.751. The van der Waals surface area contributed by atoms with Crippen molar-refractivity contribution in [1.29, 1.82) is 0 Å². The quantitative estimate of drug-likeness (QED) is 0.358. The molecular weight excluding hydrogens is 457 g/mol. The predicted molar refractivity (Wildman–Crippen MR) is 114 cm³/mol. The summed E-state index contributed by atoms with van der Waals surface area (Å²) in [6.07, 6.45) is -4.41. The van der Waals surface area contributed by atoms with Crippen LogP contribution in [0.5, 0.6) is 0 Å². The van der Waals surface area contributed by atoms with Crippen molar-refractivity contribution in [3.05, 3.63) is 64.1 Å². The van der Waals surface area contributed by atoms with Crippen LogP contribution in [0.1, 0.15) is 11.3 Å². The molecule has 0 fully saturated rings. The number of thiazole rings is 2. The number of benzene rings is 2. The van der Waals surface area contributed by atoms with Crippen LogP contribution in [0, 0.1) is 0 Å². The summed E-state index contributed by atoms with van der Waals surface area (Å²) in [6.45, 7) is 0. The minimum atomic E-state index is -4.42. The van der Waals surface area contributed by atoms with Gasteiger partial charge in [-0.15, -0.1) is 11.3 Å². The molecule has 2 aromatic heterocycles. The first-order chi connectivity index (χ1) is 14.3. The Morgan fingerprint density at radius 2 is 1.93 bits per heavy atom. The Balaban J connectivity index is 1.39. The molecule has 0 saturated carbocycles. The van der Waals surface area contributed by atoms with Crippen molar-refractivity contribution in [2.75, 3.05) is 10.6 Å². The largest absolute Gasteiger partial charge is 0.416 e. The predicted octanol–water partition coefficient (Wildman–Crippen LogP) is 6.35. The molecule has 2 heterocycles. The molecule has 0 aliphatic heterocycles. The zero-order valence-corrected chi connectivity index (χ0v) is 17.3. The smallest absolute Gasteiger partial charge is 0.332 e. The zero-order chi connectivity index (χ0) is 21.3. The van der Waals surface area contributed by atoms with Crippen molar-refractivity contribution in [1.82, 2.24) is 9.97 Å². The third kappa shape index (κ3) is 4.89. The highest BCUT2D eigenvalue weighted by Gasteiger charge is 2.30. The molecule has 0 aliphatic carbocycles. The average Bonchev–Trinajstić information content (AvgIpc) is 3.26. The summed E-state index contributed by atoms with van der Waals surface area (Å²) in [4.78, 5) is 20.9. The van der Waals surface area contributed by atoms with Gasteiger partial charge in [-0.2, -0.15) is 13.2 Å². The molecule has 0 bridgehead atoms. The van der Waals surface area contributed by atoms with Gasteiger partial charge in [-0.25, -0.2) is 9.97 Å². The molecule has 0 atom stereocenters. The van der Waals surface area contributed by atoms with Crippen LogP contribution in [0.25, 0.3) is 10.2 Å². The lowest BCUT2D eigenvalue weighted by atomic mass is 10.2. The van der Waals surface area contributed by atoms with E-state index in [9.17, 15) is 18.0 Å². The van der Waals surface area contributed by atoms with Crippen molar-refractivity contribution in [2.24, 2.45) is 0 Å². The Kier molecular flexibility index (Phi) is 5.63. The number of carbonyl (C=O) groups is 1. The number of amides is 1. The molecule has 0 aliphatic rings. The second-order valence-corrected chi connectivity index (χ2v) is 8.53. The Labute approximate surface area is 181 Å². The molecule has 0 spiro atoms. The van der Waals surface area contributed by atoms with E-state index in [1.807, 2.05) is 0 Å². The molecule has 11 heteroatoms. The first-order valence-electron chi connectivity index (χ1n) is 8.51. The van der Waals surface area contributed by atoms with Gasteiger partial charge in [0.2, 0.25) is 5.91 Å². The minimum Gasteiger partial charge on any atom is -0.332 e. The van der Waals surface area contributed by atoms with E-state index in [1.165, 1.54) is 34.8 Å². The summed E-state index contributed by atoms with van der Waals surface area (Å²) < 4.78 is 39.3. The fraction of sp³-hybridized carbons (Fsp3) is 0.105. The number of rotatable bonds is 5. The van der Waals surface area contributed by atoms with Gasteiger partial charge in [0.25, 0.3) is 0 Å². The standard InChI is InChI=1S/C19H12ClF3N4OS2/c20-11-4-5-14-15(7-11)30-18(26-14)27-16(28)8-13-9-29-17(25-13)24-12-3-1-2-10(6-12)19(21,22)23/h1-7,9H,8H2,(H,24,25)(H,26,27,28). The second-order valence-electron chi connectivity index (χ2n) is 6.20. The van der Waals surface area contributed by atoms with Gasteiger partial charge in [-0.1, -0.05) is 29.0 Å². The van der Waals surface area contributed by atoms with Crippen molar-refractivity contribution >= 4 is 66.3 Å². The van der Waals surface area contributed by atoms with Gasteiger partial charge < -0.3 is 10.6 Å². The minimum absolute atomic E-state index is 0.0114. The maximum Gasteiger partial charge on any atom is 0.416 e. The number of alkyl halides is 3. The first kappa shape index (κ1) is 20.6. The van der Waals surface area contributed by atoms with E-state index in [4.69, 9.17) is 11.6 Å². The van der Waals surface area contributed by atoms with Crippen LogP contribution in [0.15, 0.2) is 47.8 Å². The molecule has 4 aromatic rings. The first-order valence-corrected chi connectivity index (χ1v) is 10.6. The van der Waals surface area contributed by atoms with Crippen LogP contribution in [-0.2, 0) is 17.4 Å². The van der Waals surface area contributed by atoms with E-state index >= 15 is 0 Å². The molecule has 0 unspecified atom stereocenters. The van der Waals surface area contributed by atoms with Gasteiger partial charge in [-0.05, 0) is 36.4 Å². The number of nitrogens with zero attached hydrogens (tertiary/aromatic N) is 2. The van der Waals surface area contributed by atoms with Crippen molar-refractivity contribution < 1.29 is 18.0 Å². The molecule has 5 nitrogen and oxygen atoms in total. The van der Waals surface area contributed by atoms with Crippen LogP contribution in [0.4, 0.5) is 29.1 Å². The van der Waals surface area contributed by atoms with E-state index < -0.39 is 11.7 Å². The van der Waals surface area contributed by atoms with E-state index in [2.05, 4.69) is 20.6 Å². The molecule has 154 valence electrons. The number of fused-ring (bicyclic) bond motifs is 1. The van der Waals surface area contributed by atoms with Crippen LogP contribution in [-0.4, -0.2) is 15.9 Å². The molecular formula is C19H12ClF3N4OS2. The lowest BCUT2D eigenvalue weighted by Gasteiger charge is -2.08. The number of aromatic nitrogens is 2.